The standard InChI is InChI=1S/2C12H17N3O3.C6H5ClN2O2.C6H13NO.CH3.I2.HI/c1-17-10-3-5-15(6-4-10)12-13-7-9(8-14-12)11(16)18-2;1-18-11(17)10-6-13-12(14-7-10)15-4-2-9(8-16)3-5-15;1-11-5(10)4-2-8-6(7)9-3-4;8-5-6-1-3-7-4-2-6;;1-2;/h7-8,10H,3-6H2,1-2H3;6-7,9,16H,2-5,8H2,1H3;2-3H,1H3;6-8H,1-5H2;1H3;;1H/q;;;;-1;;. The Morgan fingerprint density at radius 2 is 0.966 bits per heavy atom. The summed E-state index contributed by atoms with van der Waals surface area (Å²) in [5, 5.41) is 21.1. The molecular weight excluding hydrogens is 1130 g/mol. The molecule has 3 saturated heterocycles. The van der Waals surface area contributed by atoms with Crippen molar-refractivity contribution in [3.63, 3.8) is 0 Å². The number of ether oxygens (including phenoxy) is 4. The van der Waals surface area contributed by atoms with Gasteiger partial charge in [-0.05, 0) is 75.1 Å². The zero-order valence-electron chi connectivity index (χ0n) is 34.0. The maximum Gasteiger partial charge on any atom is 0.341 e. The summed E-state index contributed by atoms with van der Waals surface area (Å²) in [5.74, 6) is 0.921. The Morgan fingerprint density at radius 3 is 1.27 bits per heavy atom. The van der Waals surface area contributed by atoms with E-state index >= 15 is 0 Å². The Hall–Kier alpha value is -2.43. The summed E-state index contributed by atoms with van der Waals surface area (Å²) in [6.45, 7) is 6.21. The van der Waals surface area contributed by atoms with Gasteiger partial charge in [-0.15, -0.1) is 24.0 Å². The largest absolute Gasteiger partial charge is 0.465 e. The van der Waals surface area contributed by atoms with Crippen LogP contribution in [-0.2, 0) is 18.9 Å². The number of hydrogen-bond donors (Lipinski definition) is 3. The number of hydrogen-bond acceptors (Lipinski definition) is 18. The van der Waals surface area contributed by atoms with Crippen LogP contribution in [0.4, 0.5) is 11.9 Å². The van der Waals surface area contributed by atoms with Crippen LogP contribution in [-0.4, -0.2) is 145 Å². The average Bonchev–Trinajstić information content (AvgIpc) is 3.30. The fourth-order valence-electron chi connectivity index (χ4n) is 5.62. The van der Waals surface area contributed by atoms with Gasteiger partial charge in [0.05, 0.1) is 44.1 Å². The van der Waals surface area contributed by atoms with Gasteiger partial charge in [-0.1, -0.05) is 0 Å². The number of esters is 3. The molecule has 3 aliphatic heterocycles. The summed E-state index contributed by atoms with van der Waals surface area (Å²) in [4.78, 5) is 61.4. The molecule has 332 valence electrons. The van der Waals surface area contributed by atoms with Gasteiger partial charge < -0.3 is 51.7 Å². The summed E-state index contributed by atoms with van der Waals surface area (Å²) in [6.07, 6.45) is 15.0. The van der Waals surface area contributed by atoms with Crippen LogP contribution in [0.1, 0.15) is 69.6 Å². The number of carbonyl (C=O) groups is 3. The number of rotatable bonds is 8. The third kappa shape index (κ3) is 20.8. The number of nitrogens with one attached hydrogen (secondary N) is 1. The predicted octanol–water partition coefficient (Wildman–Crippen LogP) is 5.08. The lowest BCUT2D eigenvalue weighted by molar-refractivity contribution is 0.0590. The molecule has 59 heavy (non-hydrogen) atoms. The molecule has 6 heterocycles. The van der Waals surface area contributed by atoms with E-state index in [-0.39, 0.29) is 48.9 Å². The van der Waals surface area contributed by atoms with Gasteiger partial charge in [-0.25, -0.2) is 44.3 Å². The number of nitrogens with zero attached hydrogens (tertiary/aromatic N) is 8. The van der Waals surface area contributed by atoms with E-state index in [1.54, 1.807) is 7.11 Å². The van der Waals surface area contributed by atoms with E-state index in [2.05, 4.69) is 96.5 Å². The van der Waals surface area contributed by atoms with Crippen molar-refractivity contribution in [2.75, 3.05) is 90.7 Å². The van der Waals surface area contributed by atoms with Crippen LogP contribution >= 0.6 is 72.8 Å². The molecule has 3 aromatic rings. The molecule has 0 aromatic carbocycles. The minimum absolute atomic E-state index is 0. The van der Waals surface area contributed by atoms with Gasteiger partial charge in [-0.2, -0.15) is 0 Å². The number of carbonyl (C=O) groups excluding carboxylic acids is 3. The van der Waals surface area contributed by atoms with Crippen molar-refractivity contribution < 1.29 is 43.5 Å². The van der Waals surface area contributed by atoms with Crippen molar-refractivity contribution in [3.05, 3.63) is 66.6 Å². The SMILES string of the molecule is COC(=O)c1cnc(Cl)nc1.COC(=O)c1cnc(N2CCC(CO)CC2)nc1.COC(=O)c1cnc(N2CCC(OC)CC2)nc1.I.II.OCC1CCNCC1.[CH3-]. The highest BCUT2D eigenvalue weighted by Gasteiger charge is 2.22. The molecule has 0 bridgehead atoms. The molecule has 0 unspecified atom stereocenters. The Labute approximate surface area is 392 Å². The highest BCUT2D eigenvalue weighted by Crippen LogP contribution is 2.20. The van der Waals surface area contributed by atoms with E-state index in [1.807, 2.05) is 0 Å². The Balaban J connectivity index is 0.000000772. The molecule has 0 radical (unpaired) electrons. The first-order chi connectivity index (χ1) is 27.6. The van der Waals surface area contributed by atoms with Crippen LogP contribution < -0.4 is 15.1 Å². The maximum absolute atomic E-state index is 11.3. The number of aromatic nitrogens is 6. The fraction of sp³-hybridized carbons (Fsp3) is 0.568. The fourth-order valence-corrected chi connectivity index (χ4v) is 5.72. The quantitative estimate of drug-likeness (QED) is 0.0879. The van der Waals surface area contributed by atoms with Crippen molar-refractivity contribution in [1.82, 2.24) is 35.2 Å². The van der Waals surface area contributed by atoms with E-state index in [0.29, 0.717) is 47.6 Å². The summed E-state index contributed by atoms with van der Waals surface area (Å²) in [5.41, 5.74) is 1.01. The first kappa shape index (κ1) is 56.6. The lowest BCUT2D eigenvalue weighted by Crippen LogP contribution is -2.37. The first-order valence-electron chi connectivity index (χ1n) is 18.1. The molecule has 6 rings (SSSR count). The number of anilines is 2. The number of methoxy groups -OCH3 is 4. The second-order valence-corrected chi connectivity index (χ2v) is 13.0. The summed E-state index contributed by atoms with van der Waals surface area (Å²) < 4.78 is 18.9. The normalized spacial score (nSPS) is 15.2. The van der Waals surface area contributed by atoms with Gasteiger partial charge in [0.25, 0.3) is 0 Å². The van der Waals surface area contributed by atoms with Crippen molar-refractivity contribution >= 4 is 103 Å². The molecule has 3 aromatic heterocycles. The molecule has 0 atom stereocenters. The van der Waals surface area contributed by atoms with Crippen molar-refractivity contribution in [2.24, 2.45) is 11.8 Å². The van der Waals surface area contributed by atoms with Crippen molar-refractivity contribution in [1.29, 1.82) is 0 Å². The van der Waals surface area contributed by atoms with Gasteiger partial charge in [0.2, 0.25) is 17.2 Å². The summed E-state index contributed by atoms with van der Waals surface area (Å²) >= 11 is 9.63. The Kier molecular flexibility index (Phi) is 31.9. The van der Waals surface area contributed by atoms with Gasteiger partial charge in [0.15, 0.2) is 0 Å². The van der Waals surface area contributed by atoms with E-state index in [1.165, 1.54) is 58.5 Å². The van der Waals surface area contributed by atoms with Gasteiger partial charge in [0.1, 0.15) is 0 Å². The average molecular weight is 1190 g/mol. The van der Waals surface area contributed by atoms with Crippen LogP contribution in [0, 0.1) is 19.3 Å². The third-order valence-corrected chi connectivity index (χ3v) is 9.29. The molecule has 22 heteroatoms. The lowest BCUT2D eigenvalue weighted by Gasteiger charge is -2.31. The monoisotopic (exact) mass is 1190 g/mol. The number of aliphatic hydroxyl groups excluding tert-OH is 2. The first-order valence-corrected chi connectivity index (χ1v) is 24.8. The van der Waals surface area contributed by atoms with Crippen molar-refractivity contribution in [2.45, 2.75) is 44.6 Å². The van der Waals surface area contributed by atoms with Gasteiger partial charge in [0, 0.05) is 121 Å². The molecule has 3 aliphatic rings. The minimum Gasteiger partial charge on any atom is -0.465 e. The smallest absolute Gasteiger partial charge is 0.341 e. The second-order valence-electron chi connectivity index (χ2n) is 12.7. The van der Waals surface area contributed by atoms with Crippen molar-refractivity contribution in [3.8, 4) is 0 Å². The van der Waals surface area contributed by atoms with E-state index in [9.17, 15) is 14.4 Å². The number of aliphatic hydroxyl groups is 2. The molecular formula is C37H56ClI3N9O9-. The highest BCUT2D eigenvalue weighted by molar-refractivity contribution is 15.0. The topological polar surface area (TPSA) is 224 Å². The van der Waals surface area contributed by atoms with Crippen LogP contribution in [0.3, 0.4) is 0 Å². The maximum atomic E-state index is 11.3. The summed E-state index contributed by atoms with van der Waals surface area (Å²) in [7, 11) is 5.70. The molecule has 0 aliphatic carbocycles. The third-order valence-electron chi connectivity index (χ3n) is 9.09. The summed E-state index contributed by atoms with van der Waals surface area (Å²) in [6, 6.07) is 0. The molecule has 0 spiro atoms. The number of piperidine rings is 3. The van der Waals surface area contributed by atoms with Gasteiger partial charge in [-0.3, -0.25) is 0 Å². The number of halogens is 4. The zero-order chi connectivity index (χ0) is 42.0. The Morgan fingerprint density at radius 1 is 0.644 bits per heavy atom. The highest BCUT2D eigenvalue weighted by atomic mass is 128. The van der Waals surface area contributed by atoms with Crippen LogP contribution in [0.15, 0.2) is 37.2 Å². The molecule has 3 fully saturated rings. The molecule has 3 N–H and O–H groups in total. The van der Waals surface area contributed by atoms with E-state index in [4.69, 9.17) is 26.6 Å². The van der Waals surface area contributed by atoms with Gasteiger partial charge >= 0.3 is 17.9 Å². The molecule has 0 saturated carbocycles. The molecule has 18 nitrogen and oxygen atoms in total. The lowest BCUT2D eigenvalue weighted by atomic mass is 9.98. The Bertz CT molecular complexity index is 1490. The van der Waals surface area contributed by atoms with Crippen LogP contribution in [0.25, 0.3) is 0 Å². The van der Waals surface area contributed by atoms with E-state index < -0.39 is 17.9 Å². The van der Waals surface area contributed by atoms with Crippen LogP contribution in [0.2, 0.25) is 5.28 Å². The minimum atomic E-state index is -0.471. The zero-order valence-corrected chi connectivity index (χ0v) is 41.4. The molecule has 0 amide bonds. The predicted molar refractivity (Wildman–Crippen MR) is 252 cm³/mol. The second kappa shape index (κ2) is 33.2. The van der Waals surface area contributed by atoms with E-state index in [0.717, 1.165) is 77.8 Å². The van der Waals surface area contributed by atoms with Crippen LogP contribution in [0.5, 0.6) is 0 Å².